The first-order valence-electron chi connectivity index (χ1n) is 6.92. The molecule has 0 saturated heterocycles. The topological polar surface area (TPSA) is 18.5 Å². The van der Waals surface area contributed by atoms with Gasteiger partial charge in [-0.25, -0.2) is 0 Å². The molecule has 0 aromatic rings. The largest absolute Gasteiger partial charge is 0.520 e. The van der Waals surface area contributed by atoms with Crippen LogP contribution in [0.5, 0.6) is 0 Å². The highest BCUT2D eigenvalue weighted by Gasteiger charge is 2.17. The molecule has 0 aliphatic heterocycles. The van der Waals surface area contributed by atoms with Crippen molar-refractivity contribution in [3.8, 4) is 0 Å². The predicted octanol–water partition coefficient (Wildman–Crippen LogP) is 5.08. The zero-order valence-corrected chi connectivity index (χ0v) is 13.3. The van der Waals surface area contributed by atoms with Gasteiger partial charge in [0, 0.05) is 0 Å². The Morgan fingerprint density at radius 2 is 1.59 bits per heavy atom. The summed E-state index contributed by atoms with van der Waals surface area (Å²) in [7, 11) is 0.167. The molecule has 3 heteroatoms. The first-order chi connectivity index (χ1) is 7.99. The summed E-state index contributed by atoms with van der Waals surface area (Å²) in [4.78, 5) is 0. The number of unbranched alkanes of at least 4 members (excludes halogenated alkanes) is 6. The van der Waals surface area contributed by atoms with E-state index in [0.717, 1.165) is 12.4 Å². The molecule has 0 rings (SSSR count). The SMILES string of the molecule is CCCCCCCCC=C(OC)O[Si](C)(C)C. The van der Waals surface area contributed by atoms with Crippen molar-refractivity contribution in [2.45, 2.75) is 71.5 Å². The molecule has 0 N–H and O–H groups in total. The second-order valence-corrected chi connectivity index (χ2v) is 9.93. The number of rotatable bonds is 10. The molecule has 0 saturated carbocycles. The normalized spacial score (nSPS) is 12.6. The van der Waals surface area contributed by atoms with Gasteiger partial charge in [-0.15, -0.1) is 0 Å². The van der Waals surface area contributed by atoms with Crippen molar-refractivity contribution in [1.29, 1.82) is 0 Å². The minimum absolute atomic E-state index is 0.720. The van der Waals surface area contributed by atoms with Gasteiger partial charge in [0.25, 0.3) is 5.95 Å². The maximum Gasteiger partial charge on any atom is 0.260 e. The van der Waals surface area contributed by atoms with E-state index in [1.165, 1.54) is 38.5 Å². The fraction of sp³-hybridized carbons (Fsp3) is 0.857. The summed E-state index contributed by atoms with van der Waals surface area (Å²) in [5, 5.41) is 0. The molecule has 0 aromatic carbocycles. The van der Waals surface area contributed by atoms with Gasteiger partial charge < -0.3 is 9.16 Å². The highest BCUT2D eigenvalue weighted by molar-refractivity contribution is 6.69. The third-order valence-electron chi connectivity index (χ3n) is 2.48. The van der Waals surface area contributed by atoms with E-state index in [4.69, 9.17) is 9.16 Å². The maximum atomic E-state index is 5.81. The molecule has 0 atom stereocenters. The molecule has 102 valence electrons. The molecule has 0 unspecified atom stereocenters. The first kappa shape index (κ1) is 16.6. The molecule has 0 aliphatic rings. The summed E-state index contributed by atoms with van der Waals surface area (Å²) in [5.41, 5.74) is 0. The number of methoxy groups -OCH3 is 1. The quantitative estimate of drug-likeness (QED) is 0.309. The van der Waals surface area contributed by atoms with E-state index in [2.05, 4.69) is 32.6 Å². The van der Waals surface area contributed by atoms with E-state index in [1.54, 1.807) is 7.11 Å². The van der Waals surface area contributed by atoms with E-state index in [9.17, 15) is 0 Å². The van der Waals surface area contributed by atoms with Crippen LogP contribution in [0.15, 0.2) is 12.0 Å². The Bertz CT molecular complexity index is 207. The Labute approximate surface area is 109 Å². The molecule has 17 heavy (non-hydrogen) atoms. The Balaban J connectivity index is 3.65. The van der Waals surface area contributed by atoms with Gasteiger partial charge in [-0.05, 0) is 38.6 Å². The van der Waals surface area contributed by atoms with Crippen LogP contribution in [0.2, 0.25) is 19.6 Å². The third-order valence-corrected chi connectivity index (χ3v) is 3.29. The van der Waals surface area contributed by atoms with Gasteiger partial charge in [-0.1, -0.05) is 39.0 Å². The van der Waals surface area contributed by atoms with E-state index in [1.807, 2.05) is 0 Å². The fourth-order valence-electron chi connectivity index (χ4n) is 1.61. The molecule has 0 amide bonds. The van der Waals surface area contributed by atoms with Crippen molar-refractivity contribution in [2.75, 3.05) is 7.11 Å². The smallest absolute Gasteiger partial charge is 0.260 e. The maximum absolute atomic E-state index is 5.81. The molecular formula is C14H30O2Si. The van der Waals surface area contributed by atoms with Gasteiger partial charge in [0.05, 0.1) is 7.11 Å². The van der Waals surface area contributed by atoms with Gasteiger partial charge in [-0.3, -0.25) is 0 Å². The lowest BCUT2D eigenvalue weighted by Crippen LogP contribution is -2.25. The van der Waals surface area contributed by atoms with Gasteiger partial charge in [0.15, 0.2) is 0 Å². The third kappa shape index (κ3) is 11.8. The van der Waals surface area contributed by atoms with Crippen molar-refractivity contribution >= 4 is 8.32 Å². The zero-order valence-electron chi connectivity index (χ0n) is 12.3. The Hall–Kier alpha value is -0.443. The lowest BCUT2D eigenvalue weighted by atomic mass is 10.1. The molecule has 0 fully saturated rings. The number of allylic oxidation sites excluding steroid dienone is 1. The average molecular weight is 258 g/mol. The van der Waals surface area contributed by atoms with Crippen molar-refractivity contribution in [3.63, 3.8) is 0 Å². The average Bonchev–Trinajstić information content (AvgIpc) is 2.24. The summed E-state index contributed by atoms with van der Waals surface area (Å²) < 4.78 is 11.1. The summed E-state index contributed by atoms with van der Waals surface area (Å²) in [6, 6.07) is 0. The van der Waals surface area contributed by atoms with Gasteiger partial charge in [0.2, 0.25) is 8.32 Å². The van der Waals surface area contributed by atoms with Crippen LogP contribution in [-0.2, 0) is 9.16 Å². The van der Waals surface area contributed by atoms with Crippen LogP contribution in [-0.4, -0.2) is 15.4 Å². The van der Waals surface area contributed by atoms with E-state index >= 15 is 0 Å². The van der Waals surface area contributed by atoms with Gasteiger partial charge >= 0.3 is 0 Å². The van der Waals surface area contributed by atoms with E-state index < -0.39 is 8.32 Å². The van der Waals surface area contributed by atoms with Crippen LogP contribution >= 0.6 is 0 Å². The highest BCUT2D eigenvalue weighted by atomic mass is 28.4. The Kier molecular flexibility index (Phi) is 9.32. The van der Waals surface area contributed by atoms with Crippen LogP contribution in [0.1, 0.15) is 51.9 Å². The van der Waals surface area contributed by atoms with Crippen molar-refractivity contribution in [2.24, 2.45) is 0 Å². The monoisotopic (exact) mass is 258 g/mol. The Morgan fingerprint density at radius 3 is 2.12 bits per heavy atom. The lowest BCUT2D eigenvalue weighted by molar-refractivity contribution is 0.145. The number of ether oxygens (including phenoxy) is 1. The number of hydrogen-bond acceptors (Lipinski definition) is 2. The standard InChI is InChI=1S/C14H30O2Si/c1-6-7-8-9-10-11-12-13-14(15-2)16-17(3,4)5/h13H,6-12H2,1-5H3. The first-order valence-corrected chi connectivity index (χ1v) is 10.3. The van der Waals surface area contributed by atoms with Crippen molar-refractivity contribution in [3.05, 3.63) is 12.0 Å². The zero-order chi connectivity index (χ0) is 13.1. The summed E-state index contributed by atoms with van der Waals surface area (Å²) in [6.07, 6.45) is 11.2. The second-order valence-electron chi connectivity index (χ2n) is 5.50. The lowest BCUT2D eigenvalue weighted by Gasteiger charge is -2.20. The molecule has 0 aromatic heterocycles. The predicted molar refractivity (Wildman–Crippen MR) is 77.5 cm³/mol. The Morgan fingerprint density at radius 1 is 1.00 bits per heavy atom. The van der Waals surface area contributed by atoms with Crippen molar-refractivity contribution in [1.82, 2.24) is 0 Å². The van der Waals surface area contributed by atoms with Crippen LogP contribution in [0.4, 0.5) is 0 Å². The molecule has 0 radical (unpaired) electrons. The fourth-order valence-corrected chi connectivity index (χ4v) is 2.38. The molecule has 0 spiro atoms. The minimum Gasteiger partial charge on any atom is -0.520 e. The highest BCUT2D eigenvalue weighted by Crippen LogP contribution is 2.13. The van der Waals surface area contributed by atoms with Crippen LogP contribution < -0.4 is 0 Å². The summed E-state index contributed by atoms with van der Waals surface area (Å²) in [6.45, 7) is 8.77. The van der Waals surface area contributed by atoms with E-state index in [-0.39, 0.29) is 0 Å². The summed E-state index contributed by atoms with van der Waals surface area (Å²) in [5.74, 6) is 0.720. The van der Waals surface area contributed by atoms with Crippen LogP contribution in [0.3, 0.4) is 0 Å². The molecule has 2 nitrogen and oxygen atoms in total. The second kappa shape index (κ2) is 9.57. The molecule has 0 bridgehead atoms. The molecule has 0 heterocycles. The molecular weight excluding hydrogens is 228 g/mol. The summed E-state index contributed by atoms with van der Waals surface area (Å²) >= 11 is 0. The molecule has 0 aliphatic carbocycles. The number of hydrogen-bond donors (Lipinski definition) is 0. The van der Waals surface area contributed by atoms with Gasteiger partial charge in [-0.2, -0.15) is 0 Å². The van der Waals surface area contributed by atoms with E-state index in [0.29, 0.717) is 0 Å². The van der Waals surface area contributed by atoms with Crippen molar-refractivity contribution < 1.29 is 9.16 Å². The van der Waals surface area contributed by atoms with Gasteiger partial charge in [0.1, 0.15) is 0 Å². The minimum atomic E-state index is -1.52. The van der Waals surface area contributed by atoms with Crippen LogP contribution in [0, 0.1) is 0 Å². The van der Waals surface area contributed by atoms with Crippen LogP contribution in [0.25, 0.3) is 0 Å².